The minimum atomic E-state index is -0.00368. The highest BCUT2D eigenvalue weighted by Crippen LogP contribution is 2.15. The maximum atomic E-state index is 11.9. The van der Waals surface area contributed by atoms with Crippen molar-refractivity contribution in [1.82, 2.24) is 10.2 Å². The third-order valence-electron chi connectivity index (χ3n) is 3.59. The molecule has 0 fully saturated rings. The molecular formula is C19H22Cl2N2O2. The Hall–Kier alpha value is -1.75. The van der Waals surface area contributed by atoms with Crippen LogP contribution < -0.4 is 10.1 Å². The maximum absolute atomic E-state index is 11.9. The van der Waals surface area contributed by atoms with Gasteiger partial charge in [-0.1, -0.05) is 35.3 Å². The van der Waals surface area contributed by atoms with E-state index in [2.05, 4.69) is 5.32 Å². The summed E-state index contributed by atoms with van der Waals surface area (Å²) in [5.74, 6) is 0.764. The summed E-state index contributed by atoms with van der Waals surface area (Å²) in [5.41, 5.74) is 1.11. The predicted molar refractivity (Wildman–Crippen MR) is 103 cm³/mol. The minimum Gasteiger partial charge on any atom is -0.492 e. The number of carbonyl (C=O) groups excluding carboxylic acids is 1. The second-order valence-electron chi connectivity index (χ2n) is 5.77. The number of nitrogens with zero attached hydrogens (tertiary/aromatic N) is 1. The minimum absolute atomic E-state index is 0.00368. The molecule has 2 aromatic carbocycles. The highest BCUT2D eigenvalue weighted by Gasteiger charge is 2.06. The van der Waals surface area contributed by atoms with Crippen molar-refractivity contribution >= 4 is 29.1 Å². The quantitative estimate of drug-likeness (QED) is 0.721. The van der Waals surface area contributed by atoms with Crippen molar-refractivity contribution in [2.24, 2.45) is 0 Å². The van der Waals surface area contributed by atoms with Crippen molar-refractivity contribution in [2.75, 3.05) is 33.3 Å². The first-order valence-corrected chi connectivity index (χ1v) is 8.86. The molecule has 0 aliphatic heterocycles. The van der Waals surface area contributed by atoms with Crippen LogP contribution in [0, 0.1) is 0 Å². The van der Waals surface area contributed by atoms with Gasteiger partial charge in [0.1, 0.15) is 12.4 Å². The topological polar surface area (TPSA) is 41.6 Å². The van der Waals surface area contributed by atoms with Gasteiger partial charge in [-0.15, -0.1) is 0 Å². The Morgan fingerprint density at radius 3 is 2.60 bits per heavy atom. The van der Waals surface area contributed by atoms with Crippen molar-refractivity contribution in [2.45, 2.75) is 6.42 Å². The summed E-state index contributed by atoms with van der Waals surface area (Å²) in [6, 6.07) is 14.9. The Labute approximate surface area is 158 Å². The molecule has 25 heavy (non-hydrogen) atoms. The van der Waals surface area contributed by atoms with Gasteiger partial charge in [0.25, 0.3) is 0 Å². The number of ether oxygens (including phenoxy) is 1. The van der Waals surface area contributed by atoms with Crippen LogP contribution in [0.5, 0.6) is 5.75 Å². The molecule has 1 amide bonds. The zero-order valence-corrected chi connectivity index (χ0v) is 15.7. The average Bonchev–Trinajstić information content (AvgIpc) is 2.57. The molecule has 0 spiro atoms. The zero-order chi connectivity index (χ0) is 18.1. The summed E-state index contributed by atoms with van der Waals surface area (Å²) in [4.78, 5) is 13.9. The molecule has 134 valence electrons. The molecule has 6 heteroatoms. The number of nitrogens with one attached hydrogen (secondary N) is 1. The number of amides is 1. The van der Waals surface area contributed by atoms with Crippen LogP contribution in [-0.4, -0.2) is 44.1 Å². The summed E-state index contributed by atoms with van der Waals surface area (Å²) in [7, 11) is 1.89. The van der Waals surface area contributed by atoms with E-state index in [1.807, 2.05) is 48.3 Å². The Balaban J connectivity index is 1.60. The number of hydrogen-bond acceptors (Lipinski definition) is 3. The first-order valence-electron chi connectivity index (χ1n) is 8.11. The van der Waals surface area contributed by atoms with Crippen LogP contribution in [0.2, 0.25) is 10.0 Å². The number of hydrogen-bond donors (Lipinski definition) is 1. The highest BCUT2D eigenvalue weighted by atomic mass is 35.5. The lowest BCUT2D eigenvalue weighted by Gasteiger charge is -2.16. The summed E-state index contributed by atoms with van der Waals surface area (Å²) in [6.45, 7) is 2.09. The maximum Gasteiger partial charge on any atom is 0.234 e. The van der Waals surface area contributed by atoms with E-state index in [0.717, 1.165) is 17.7 Å². The zero-order valence-electron chi connectivity index (χ0n) is 14.2. The van der Waals surface area contributed by atoms with Gasteiger partial charge in [-0.05, 0) is 55.4 Å². The molecule has 0 saturated heterocycles. The van der Waals surface area contributed by atoms with E-state index in [9.17, 15) is 4.79 Å². The van der Waals surface area contributed by atoms with E-state index in [1.165, 1.54) is 0 Å². The first kappa shape index (κ1) is 19.6. The monoisotopic (exact) mass is 380 g/mol. The van der Waals surface area contributed by atoms with Gasteiger partial charge in [0.2, 0.25) is 5.91 Å². The van der Waals surface area contributed by atoms with Crippen molar-refractivity contribution < 1.29 is 9.53 Å². The van der Waals surface area contributed by atoms with Crippen LogP contribution in [-0.2, 0) is 11.2 Å². The van der Waals surface area contributed by atoms with Crippen molar-refractivity contribution in [3.63, 3.8) is 0 Å². The highest BCUT2D eigenvalue weighted by molar-refractivity contribution is 6.30. The molecule has 0 radical (unpaired) electrons. The second-order valence-corrected chi connectivity index (χ2v) is 6.64. The Kier molecular flexibility index (Phi) is 8.06. The van der Waals surface area contributed by atoms with Crippen LogP contribution in [0.25, 0.3) is 0 Å². The molecule has 0 saturated carbocycles. The predicted octanol–water partition coefficient (Wildman–Crippen LogP) is 3.66. The number of halogens is 2. The van der Waals surface area contributed by atoms with E-state index in [0.29, 0.717) is 36.3 Å². The van der Waals surface area contributed by atoms with Gasteiger partial charge in [0.05, 0.1) is 6.54 Å². The normalized spacial score (nSPS) is 10.7. The van der Waals surface area contributed by atoms with Gasteiger partial charge in [-0.3, -0.25) is 9.69 Å². The standard InChI is InChI=1S/C19H22Cl2N2O2/c1-23(11-12-25-18-7-5-16(20)6-8-18)14-19(24)22-10-9-15-3-2-4-17(21)13-15/h2-8,13H,9-12,14H2,1H3,(H,22,24). The van der Waals surface area contributed by atoms with Gasteiger partial charge in [-0.2, -0.15) is 0 Å². The van der Waals surface area contributed by atoms with E-state index in [-0.39, 0.29) is 5.91 Å². The number of benzene rings is 2. The van der Waals surface area contributed by atoms with Gasteiger partial charge >= 0.3 is 0 Å². The summed E-state index contributed by atoms with van der Waals surface area (Å²) in [6.07, 6.45) is 0.760. The molecule has 2 aromatic rings. The molecule has 0 aliphatic carbocycles. The molecular weight excluding hydrogens is 359 g/mol. The van der Waals surface area contributed by atoms with Crippen LogP contribution in [0.4, 0.5) is 0 Å². The molecule has 2 rings (SSSR count). The van der Waals surface area contributed by atoms with Crippen LogP contribution in [0.15, 0.2) is 48.5 Å². The summed E-state index contributed by atoms with van der Waals surface area (Å²) >= 11 is 11.8. The number of likely N-dealkylation sites (N-methyl/N-ethyl adjacent to an activating group) is 1. The fourth-order valence-corrected chi connectivity index (χ4v) is 2.61. The van der Waals surface area contributed by atoms with Crippen molar-refractivity contribution in [3.8, 4) is 5.75 Å². The Morgan fingerprint density at radius 2 is 1.88 bits per heavy atom. The molecule has 0 aromatic heterocycles. The molecule has 0 aliphatic rings. The van der Waals surface area contributed by atoms with E-state index >= 15 is 0 Å². The summed E-state index contributed by atoms with van der Waals surface area (Å²) < 4.78 is 5.62. The van der Waals surface area contributed by atoms with Crippen LogP contribution >= 0.6 is 23.2 Å². The van der Waals surface area contributed by atoms with Crippen molar-refractivity contribution in [3.05, 3.63) is 64.1 Å². The number of rotatable bonds is 9. The molecule has 0 heterocycles. The Morgan fingerprint density at radius 1 is 1.12 bits per heavy atom. The molecule has 0 atom stereocenters. The third-order valence-corrected chi connectivity index (χ3v) is 4.08. The Bertz CT molecular complexity index is 677. The fourth-order valence-electron chi connectivity index (χ4n) is 2.27. The summed E-state index contributed by atoms with van der Waals surface area (Å²) in [5, 5.41) is 4.31. The van der Waals surface area contributed by atoms with Gasteiger partial charge < -0.3 is 10.1 Å². The SMILES string of the molecule is CN(CCOc1ccc(Cl)cc1)CC(=O)NCCc1cccc(Cl)c1. The largest absolute Gasteiger partial charge is 0.492 e. The van der Waals surface area contributed by atoms with Gasteiger partial charge in [0.15, 0.2) is 0 Å². The van der Waals surface area contributed by atoms with Crippen molar-refractivity contribution in [1.29, 1.82) is 0 Å². The van der Waals surface area contributed by atoms with E-state index in [4.69, 9.17) is 27.9 Å². The number of carbonyl (C=O) groups is 1. The van der Waals surface area contributed by atoms with Gasteiger partial charge in [0, 0.05) is 23.1 Å². The van der Waals surface area contributed by atoms with Gasteiger partial charge in [-0.25, -0.2) is 0 Å². The van der Waals surface area contributed by atoms with Crippen LogP contribution in [0.1, 0.15) is 5.56 Å². The first-order chi connectivity index (χ1) is 12.0. The van der Waals surface area contributed by atoms with Crippen LogP contribution in [0.3, 0.4) is 0 Å². The van der Waals surface area contributed by atoms with E-state index in [1.54, 1.807) is 12.1 Å². The smallest absolute Gasteiger partial charge is 0.234 e. The molecule has 0 unspecified atom stereocenters. The van der Waals surface area contributed by atoms with E-state index < -0.39 is 0 Å². The lowest BCUT2D eigenvalue weighted by molar-refractivity contribution is -0.121. The molecule has 4 nitrogen and oxygen atoms in total. The lowest BCUT2D eigenvalue weighted by atomic mass is 10.1. The second kappa shape index (κ2) is 10.3. The molecule has 1 N–H and O–H groups in total. The average molecular weight is 381 g/mol. The lowest BCUT2D eigenvalue weighted by Crippen LogP contribution is -2.37. The molecule has 0 bridgehead atoms. The third kappa shape index (κ3) is 7.78. The fraction of sp³-hybridized carbons (Fsp3) is 0.316.